The van der Waals surface area contributed by atoms with Crippen LogP contribution in [0.3, 0.4) is 0 Å². The Bertz CT molecular complexity index is 579. The molecule has 3 heteroatoms. The first-order valence-electron chi connectivity index (χ1n) is 7.05. The number of piperidine rings is 1. The van der Waals surface area contributed by atoms with E-state index in [1.165, 1.54) is 17.4 Å². The summed E-state index contributed by atoms with van der Waals surface area (Å²) in [6, 6.07) is 11.1. The lowest BCUT2D eigenvalue weighted by Crippen LogP contribution is -2.42. The summed E-state index contributed by atoms with van der Waals surface area (Å²) in [4.78, 5) is 7.00. The predicted molar refractivity (Wildman–Crippen MR) is 79.0 cm³/mol. The number of hydrogen-bond donors (Lipinski definition) is 1. The van der Waals surface area contributed by atoms with Crippen LogP contribution in [0.1, 0.15) is 24.1 Å². The molecule has 1 atom stereocenters. The van der Waals surface area contributed by atoms with Crippen LogP contribution in [0.2, 0.25) is 0 Å². The fourth-order valence-corrected chi connectivity index (χ4v) is 2.87. The molecular weight excluding hydrogens is 234 g/mol. The number of likely N-dealkylation sites (tertiary alicyclic amines) is 1. The lowest BCUT2D eigenvalue weighted by Gasteiger charge is -2.30. The Morgan fingerprint density at radius 1 is 1.32 bits per heavy atom. The molecule has 1 fully saturated rings. The zero-order valence-corrected chi connectivity index (χ0v) is 11.5. The molecule has 19 heavy (non-hydrogen) atoms. The van der Waals surface area contributed by atoms with Gasteiger partial charge in [0, 0.05) is 30.2 Å². The van der Waals surface area contributed by atoms with E-state index in [1.807, 2.05) is 6.92 Å². The van der Waals surface area contributed by atoms with Crippen molar-refractivity contribution in [3.8, 4) is 0 Å². The molecule has 1 aromatic carbocycles. The highest BCUT2D eigenvalue weighted by Gasteiger charge is 2.16. The smallest absolute Gasteiger partial charge is 0.0705 e. The number of rotatable bonds is 2. The molecule has 2 aromatic rings. The predicted octanol–water partition coefficient (Wildman–Crippen LogP) is 2.47. The molecule has 1 aliphatic rings. The van der Waals surface area contributed by atoms with Crippen molar-refractivity contribution in [2.75, 3.05) is 13.1 Å². The zero-order chi connectivity index (χ0) is 13.2. The minimum Gasteiger partial charge on any atom is -0.327 e. The lowest BCUT2D eigenvalue weighted by molar-refractivity contribution is 0.201. The van der Waals surface area contributed by atoms with Gasteiger partial charge in [0.05, 0.1) is 5.52 Å². The van der Waals surface area contributed by atoms with Crippen molar-refractivity contribution >= 4 is 10.9 Å². The van der Waals surface area contributed by atoms with E-state index in [0.29, 0.717) is 6.04 Å². The van der Waals surface area contributed by atoms with Gasteiger partial charge in [0.15, 0.2) is 0 Å². The third-order valence-corrected chi connectivity index (χ3v) is 3.84. The highest BCUT2D eigenvalue weighted by Crippen LogP contribution is 2.18. The van der Waals surface area contributed by atoms with Crippen LogP contribution in [0, 0.1) is 6.92 Å². The quantitative estimate of drug-likeness (QED) is 0.896. The highest BCUT2D eigenvalue weighted by atomic mass is 15.1. The minimum atomic E-state index is 0.346. The van der Waals surface area contributed by atoms with Gasteiger partial charge in [-0.25, -0.2) is 0 Å². The number of benzene rings is 1. The van der Waals surface area contributed by atoms with E-state index >= 15 is 0 Å². The van der Waals surface area contributed by atoms with Crippen LogP contribution in [0.5, 0.6) is 0 Å². The topological polar surface area (TPSA) is 42.1 Å². The van der Waals surface area contributed by atoms with Crippen LogP contribution in [0.4, 0.5) is 0 Å². The van der Waals surface area contributed by atoms with E-state index in [4.69, 9.17) is 5.73 Å². The molecule has 1 aromatic heterocycles. The van der Waals surface area contributed by atoms with Gasteiger partial charge in [-0.1, -0.05) is 12.1 Å². The fourth-order valence-electron chi connectivity index (χ4n) is 2.87. The van der Waals surface area contributed by atoms with Gasteiger partial charge in [-0.05, 0) is 50.1 Å². The number of fused-ring (bicyclic) bond motifs is 1. The van der Waals surface area contributed by atoms with Crippen molar-refractivity contribution < 1.29 is 0 Å². The number of nitrogens with zero attached hydrogens (tertiary/aromatic N) is 2. The Morgan fingerprint density at radius 3 is 3.05 bits per heavy atom. The molecule has 0 amide bonds. The van der Waals surface area contributed by atoms with Gasteiger partial charge in [0.25, 0.3) is 0 Å². The summed E-state index contributed by atoms with van der Waals surface area (Å²) in [6.45, 7) is 5.21. The summed E-state index contributed by atoms with van der Waals surface area (Å²) in [7, 11) is 0. The standard InChI is InChI=1S/C16H21N3/c1-12-4-6-14-9-13(5-7-16(14)18-12)10-19-8-2-3-15(17)11-19/h4-7,9,15H,2-3,8,10-11,17H2,1H3/t15-/m1/s1. The van der Waals surface area contributed by atoms with Gasteiger partial charge >= 0.3 is 0 Å². The average Bonchev–Trinajstić information content (AvgIpc) is 2.39. The average molecular weight is 255 g/mol. The molecule has 0 bridgehead atoms. The summed E-state index contributed by atoms with van der Waals surface area (Å²) in [5.74, 6) is 0. The molecule has 0 saturated carbocycles. The summed E-state index contributed by atoms with van der Waals surface area (Å²) in [5, 5.41) is 1.23. The van der Waals surface area contributed by atoms with Crippen LogP contribution < -0.4 is 5.73 Å². The van der Waals surface area contributed by atoms with E-state index in [-0.39, 0.29) is 0 Å². The van der Waals surface area contributed by atoms with Crippen molar-refractivity contribution in [3.63, 3.8) is 0 Å². The number of nitrogens with two attached hydrogens (primary N) is 1. The van der Waals surface area contributed by atoms with E-state index in [1.54, 1.807) is 0 Å². The first-order valence-corrected chi connectivity index (χ1v) is 7.05. The Morgan fingerprint density at radius 2 is 2.21 bits per heavy atom. The highest BCUT2D eigenvalue weighted by molar-refractivity contribution is 5.79. The molecule has 0 aliphatic carbocycles. The summed E-state index contributed by atoms with van der Waals surface area (Å²) in [6.07, 6.45) is 2.38. The fraction of sp³-hybridized carbons (Fsp3) is 0.438. The van der Waals surface area contributed by atoms with E-state index in [9.17, 15) is 0 Å². The largest absolute Gasteiger partial charge is 0.327 e. The Kier molecular flexibility index (Phi) is 3.49. The summed E-state index contributed by atoms with van der Waals surface area (Å²) >= 11 is 0. The summed E-state index contributed by atoms with van der Waals surface area (Å²) < 4.78 is 0. The second-order valence-electron chi connectivity index (χ2n) is 5.62. The van der Waals surface area contributed by atoms with Crippen LogP contribution in [0.25, 0.3) is 10.9 Å². The molecule has 0 unspecified atom stereocenters. The molecule has 1 saturated heterocycles. The zero-order valence-electron chi connectivity index (χ0n) is 11.5. The monoisotopic (exact) mass is 255 g/mol. The first-order chi connectivity index (χ1) is 9.20. The number of hydrogen-bond acceptors (Lipinski definition) is 3. The molecule has 3 nitrogen and oxygen atoms in total. The third kappa shape index (κ3) is 2.94. The van der Waals surface area contributed by atoms with Crippen LogP contribution >= 0.6 is 0 Å². The second kappa shape index (κ2) is 5.27. The molecule has 2 heterocycles. The van der Waals surface area contributed by atoms with Crippen molar-refractivity contribution in [1.29, 1.82) is 0 Å². The second-order valence-corrected chi connectivity index (χ2v) is 5.62. The Hall–Kier alpha value is -1.45. The van der Waals surface area contributed by atoms with Gasteiger partial charge in [-0.2, -0.15) is 0 Å². The maximum atomic E-state index is 6.03. The van der Waals surface area contributed by atoms with Crippen LogP contribution in [-0.2, 0) is 6.54 Å². The first kappa shape index (κ1) is 12.6. The van der Waals surface area contributed by atoms with Gasteiger partial charge in [-0.3, -0.25) is 9.88 Å². The maximum absolute atomic E-state index is 6.03. The summed E-state index contributed by atoms with van der Waals surface area (Å²) in [5.41, 5.74) is 9.54. The van der Waals surface area contributed by atoms with Crippen molar-refractivity contribution in [2.24, 2.45) is 5.73 Å². The number of aryl methyl sites for hydroxylation is 1. The molecule has 0 radical (unpaired) electrons. The van der Waals surface area contributed by atoms with Crippen molar-refractivity contribution in [1.82, 2.24) is 9.88 Å². The number of aromatic nitrogens is 1. The van der Waals surface area contributed by atoms with Gasteiger partial charge in [0.2, 0.25) is 0 Å². The Labute approximate surface area is 114 Å². The molecule has 1 aliphatic heterocycles. The van der Waals surface area contributed by atoms with Gasteiger partial charge < -0.3 is 5.73 Å². The maximum Gasteiger partial charge on any atom is 0.0705 e. The Balaban J connectivity index is 1.79. The van der Waals surface area contributed by atoms with E-state index < -0.39 is 0 Å². The molecule has 100 valence electrons. The molecule has 3 rings (SSSR count). The lowest BCUT2D eigenvalue weighted by atomic mass is 10.0. The van der Waals surface area contributed by atoms with Crippen LogP contribution in [0.15, 0.2) is 30.3 Å². The van der Waals surface area contributed by atoms with E-state index in [2.05, 4.69) is 40.2 Å². The van der Waals surface area contributed by atoms with E-state index in [0.717, 1.165) is 37.3 Å². The van der Waals surface area contributed by atoms with Gasteiger partial charge in [0.1, 0.15) is 0 Å². The van der Waals surface area contributed by atoms with Crippen LogP contribution in [-0.4, -0.2) is 29.0 Å². The van der Waals surface area contributed by atoms with Crippen molar-refractivity contribution in [3.05, 3.63) is 41.6 Å². The SMILES string of the molecule is Cc1ccc2cc(CN3CCC[C@@H](N)C3)ccc2n1. The van der Waals surface area contributed by atoms with Crippen molar-refractivity contribution in [2.45, 2.75) is 32.4 Å². The normalized spacial score (nSPS) is 20.8. The minimum absolute atomic E-state index is 0.346. The molecular formula is C16H21N3. The van der Waals surface area contributed by atoms with Gasteiger partial charge in [-0.15, -0.1) is 0 Å². The molecule has 0 spiro atoms. The third-order valence-electron chi connectivity index (χ3n) is 3.84. The number of pyridine rings is 1. The molecule has 2 N–H and O–H groups in total.